The monoisotopic (exact) mass is 883 g/mol. The molecule has 1 saturated carbocycles. The number of esters is 1. The van der Waals surface area contributed by atoms with Gasteiger partial charge in [-0.25, -0.2) is 9.78 Å². The summed E-state index contributed by atoms with van der Waals surface area (Å²) in [6.45, 7) is 17.3. The summed E-state index contributed by atoms with van der Waals surface area (Å²) in [5.41, 5.74) is 4.25. The van der Waals surface area contributed by atoms with Crippen molar-refractivity contribution in [3.63, 3.8) is 0 Å². The first-order chi connectivity index (χ1) is 27.2. The van der Waals surface area contributed by atoms with Crippen LogP contribution in [0.1, 0.15) is 37.3 Å². The van der Waals surface area contributed by atoms with E-state index in [1.54, 1.807) is 14.2 Å². The van der Waals surface area contributed by atoms with Gasteiger partial charge in [0.15, 0.2) is 17.1 Å². The maximum atomic E-state index is 13.6. The van der Waals surface area contributed by atoms with Crippen molar-refractivity contribution in [3.05, 3.63) is 65.0 Å². The zero-order valence-electron chi connectivity index (χ0n) is 35.1. The second-order valence-electron chi connectivity index (χ2n) is 17.2. The van der Waals surface area contributed by atoms with Crippen LogP contribution in [0, 0.1) is 0 Å². The summed E-state index contributed by atoms with van der Waals surface area (Å²) >= 11 is 4.04. The number of benzene rings is 1. The Kier molecular flexibility index (Phi) is 16.4. The number of hydrogen-bond donors (Lipinski definition) is 0. The lowest BCUT2D eigenvalue weighted by atomic mass is 9.77. The minimum absolute atomic E-state index is 0.0119. The van der Waals surface area contributed by atoms with Gasteiger partial charge in [0.2, 0.25) is 0 Å². The smallest absolute Gasteiger partial charge is 0.338 e. The van der Waals surface area contributed by atoms with Gasteiger partial charge in [0, 0.05) is 72.4 Å². The largest absolute Gasteiger partial charge is 0.461 e. The van der Waals surface area contributed by atoms with Gasteiger partial charge in [-0.1, -0.05) is 75.7 Å². The van der Waals surface area contributed by atoms with E-state index in [1.807, 2.05) is 41.2 Å². The molecule has 0 bridgehead atoms. The molecule has 312 valence electrons. The van der Waals surface area contributed by atoms with Crippen LogP contribution in [-0.2, 0) is 33.2 Å². The van der Waals surface area contributed by atoms with Gasteiger partial charge >= 0.3 is 5.97 Å². The van der Waals surface area contributed by atoms with Crippen LogP contribution in [0.3, 0.4) is 0 Å². The summed E-state index contributed by atoms with van der Waals surface area (Å²) in [5.74, 6) is 0.458. The molecule has 0 unspecified atom stereocenters. The van der Waals surface area contributed by atoms with E-state index in [-0.39, 0.29) is 18.5 Å². The molecule has 1 aromatic carbocycles. The average Bonchev–Trinajstić information content (AvgIpc) is 3.61. The summed E-state index contributed by atoms with van der Waals surface area (Å²) in [6.07, 6.45) is 6.02. The van der Waals surface area contributed by atoms with Gasteiger partial charge in [0.1, 0.15) is 20.1 Å². The summed E-state index contributed by atoms with van der Waals surface area (Å²) in [6, 6.07) is 16.4. The quantitative estimate of drug-likeness (QED) is 0.0326. The van der Waals surface area contributed by atoms with Crippen molar-refractivity contribution in [1.82, 2.24) is 19.6 Å². The lowest BCUT2D eigenvalue weighted by molar-refractivity contribution is -0.181. The zero-order valence-corrected chi connectivity index (χ0v) is 38.7. The fourth-order valence-corrected chi connectivity index (χ4v) is 9.10. The number of methoxy groups -OCH3 is 2. The molecule has 1 aliphatic carbocycles. The fraction of sp³-hybridized carbons (Fsp3) is 0.571. The van der Waals surface area contributed by atoms with E-state index in [0.29, 0.717) is 77.8 Å². The molecule has 0 aliphatic heterocycles. The Balaban J connectivity index is 1.54. The van der Waals surface area contributed by atoms with Gasteiger partial charge in [-0.05, 0) is 59.8 Å². The van der Waals surface area contributed by atoms with Crippen molar-refractivity contribution in [2.75, 3.05) is 72.2 Å². The highest BCUT2D eigenvalue weighted by molar-refractivity contribution is 9.10. The molecule has 0 spiro atoms. The number of hydrogen-bond acceptors (Lipinski definition) is 11. The Bertz CT molecular complexity index is 1840. The number of pyridine rings is 1. The Hall–Kier alpha value is -3.03. The number of rotatable bonds is 22. The predicted molar refractivity (Wildman–Crippen MR) is 234 cm³/mol. The summed E-state index contributed by atoms with van der Waals surface area (Å²) in [7, 11) is 0.574. The van der Waals surface area contributed by atoms with E-state index in [1.165, 1.54) is 0 Å². The second-order valence-corrected chi connectivity index (χ2v) is 29.2. The first-order valence-corrected chi connectivity index (χ1v) is 28.2. The SMILES string of the molecule is COCCOC(=O)C1(OCCOC)CCC(c2nc3c(-c4ccc(-c5ccccc5)nc4)cnn3c(N(COCC[Si](C)(C)C)COCC[Si](C)(C)C)c2Br)CC1. The minimum atomic E-state index is -1.32. The average molecular weight is 885 g/mol. The molecule has 57 heavy (non-hydrogen) atoms. The van der Waals surface area contributed by atoms with Gasteiger partial charge in [-0.2, -0.15) is 9.61 Å². The van der Waals surface area contributed by atoms with Crippen LogP contribution in [0.25, 0.3) is 28.0 Å². The maximum Gasteiger partial charge on any atom is 0.338 e. The molecule has 12 nitrogen and oxygen atoms in total. The Morgan fingerprint density at radius 1 is 0.825 bits per heavy atom. The van der Waals surface area contributed by atoms with Crippen molar-refractivity contribution in [1.29, 1.82) is 0 Å². The third kappa shape index (κ3) is 12.5. The molecule has 0 N–H and O–H groups in total. The number of ether oxygens (including phenoxy) is 6. The van der Waals surface area contributed by atoms with Crippen molar-refractivity contribution in [2.24, 2.45) is 0 Å². The number of carbonyl (C=O) groups is 1. The number of nitrogens with zero attached hydrogens (tertiary/aromatic N) is 5. The van der Waals surface area contributed by atoms with Crippen LogP contribution in [0.2, 0.25) is 51.4 Å². The molecule has 4 aromatic rings. The Morgan fingerprint density at radius 2 is 1.46 bits per heavy atom. The standard InChI is InChI=1S/C42H62BrN5O7Si2/c1-50-20-22-54-41(49)42(55-23-21-51-2)18-16-33(17-19-42)38-37(43)40(47(30-52-24-26-56(3,4)5)31-53-25-27-57(6,7)8)48-39(46-38)35(29-45-48)34-14-15-36(44-28-34)32-12-10-9-11-13-32/h9-15,28-29,33H,16-27,30-31H2,1-8H3. The predicted octanol–water partition coefficient (Wildman–Crippen LogP) is 8.90. The lowest BCUT2D eigenvalue weighted by Crippen LogP contribution is -2.46. The molecule has 0 saturated heterocycles. The number of aromatic nitrogens is 4. The number of halogens is 1. The molecule has 1 fully saturated rings. The molecule has 0 amide bonds. The third-order valence-corrected chi connectivity index (χ3v) is 14.4. The third-order valence-electron chi connectivity index (χ3n) is 10.3. The van der Waals surface area contributed by atoms with E-state index in [0.717, 1.165) is 50.5 Å². The van der Waals surface area contributed by atoms with Gasteiger partial charge < -0.3 is 33.3 Å². The lowest BCUT2D eigenvalue weighted by Gasteiger charge is -2.38. The van der Waals surface area contributed by atoms with E-state index in [2.05, 4.69) is 78.3 Å². The van der Waals surface area contributed by atoms with Gasteiger partial charge in [0.25, 0.3) is 0 Å². The normalized spacial score (nSPS) is 17.6. The number of fused-ring (bicyclic) bond motifs is 1. The van der Waals surface area contributed by atoms with Crippen LogP contribution in [0.15, 0.2) is 59.3 Å². The first-order valence-electron chi connectivity index (χ1n) is 20.0. The summed E-state index contributed by atoms with van der Waals surface area (Å²) < 4.78 is 37.9. The molecule has 0 radical (unpaired) electrons. The highest BCUT2D eigenvalue weighted by Crippen LogP contribution is 2.45. The van der Waals surface area contributed by atoms with E-state index in [4.69, 9.17) is 43.5 Å². The zero-order chi connectivity index (χ0) is 41.1. The molecular weight excluding hydrogens is 823 g/mol. The molecule has 15 heteroatoms. The molecule has 5 rings (SSSR count). The molecule has 1 aliphatic rings. The highest BCUT2D eigenvalue weighted by atomic mass is 79.9. The number of carbonyl (C=O) groups excluding carboxylic acids is 1. The second kappa shape index (κ2) is 20.8. The molecular formula is C42H62BrN5O7Si2. The Labute approximate surface area is 349 Å². The van der Waals surface area contributed by atoms with Crippen molar-refractivity contribution in [3.8, 4) is 22.4 Å². The minimum Gasteiger partial charge on any atom is -0.461 e. The van der Waals surface area contributed by atoms with Crippen LogP contribution in [0.4, 0.5) is 5.82 Å². The van der Waals surface area contributed by atoms with Crippen LogP contribution < -0.4 is 4.90 Å². The maximum absolute atomic E-state index is 13.6. The molecule has 3 aromatic heterocycles. The van der Waals surface area contributed by atoms with Crippen molar-refractivity contribution < 1.29 is 33.2 Å². The van der Waals surface area contributed by atoms with Crippen molar-refractivity contribution >= 4 is 49.5 Å². The van der Waals surface area contributed by atoms with Crippen LogP contribution in [-0.4, -0.2) is 115 Å². The Morgan fingerprint density at radius 3 is 2.04 bits per heavy atom. The van der Waals surface area contributed by atoms with E-state index < -0.39 is 21.7 Å². The van der Waals surface area contributed by atoms with Gasteiger partial charge in [0.05, 0.1) is 41.9 Å². The van der Waals surface area contributed by atoms with Crippen LogP contribution >= 0.6 is 15.9 Å². The molecule has 0 atom stereocenters. The van der Waals surface area contributed by atoms with E-state index in [9.17, 15) is 4.79 Å². The van der Waals surface area contributed by atoms with Gasteiger partial charge in [-0.15, -0.1) is 0 Å². The van der Waals surface area contributed by atoms with Crippen molar-refractivity contribution in [2.45, 2.75) is 88.6 Å². The first kappa shape index (κ1) is 45.1. The summed E-state index contributed by atoms with van der Waals surface area (Å²) in [4.78, 5) is 25.9. The van der Waals surface area contributed by atoms with Gasteiger partial charge in [-0.3, -0.25) is 4.98 Å². The number of anilines is 1. The van der Waals surface area contributed by atoms with Crippen LogP contribution in [0.5, 0.6) is 0 Å². The fourth-order valence-electron chi connectivity index (χ4n) is 6.76. The highest BCUT2D eigenvalue weighted by Gasteiger charge is 2.45. The summed E-state index contributed by atoms with van der Waals surface area (Å²) in [5, 5.41) is 4.96. The van der Waals surface area contributed by atoms with E-state index >= 15 is 0 Å². The topological polar surface area (TPSA) is 119 Å². The molecule has 3 heterocycles.